The Morgan fingerprint density at radius 3 is 2.50 bits per heavy atom. The lowest BCUT2D eigenvalue weighted by Crippen LogP contribution is -2.27. The molecule has 0 aliphatic carbocycles. The van der Waals surface area contributed by atoms with E-state index < -0.39 is 15.4 Å². The van der Waals surface area contributed by atoms with Gasteiger partial charge in [0.15, 0.2) is 0 Å². The fourth-order valence-electron chi connectivity index (χ4n) is 2.76. The summed E-state index contributed by atoms with van der Waals surface area (Å²) in [6.07, 6.45) is 0.451. The van der Waals surface area contributed by atoms with Gasteiger partial charge in [-0.15, -0.1) is 0 Å². The minimum absolute atomic E-state index is 0.00860. The third kappa shape index (κ3) is 3.28. The van der Waals surface area contributed by atoms with E-state index in [1.807, 2.05) is 44.2 Å². The topological polar surface area (TPSA) is 75.3 Å². The average molecular weight is 344 g/mol. The van der Waals surface area contributed by atoms with Crippen LogP contribution in [0.4, 0.5) is 11.4 Å². The number of sulfonamides is 1. The van der Waals surface area contributed by atoms with Crippen LogP contribution < -0.4 is 10.0 Å². The number of carbonyl (C=O) groups excluding carboxylic acids is 1. The van der Waals surface area contributed by atoms with Gasteiger partial charge in [-0.3, -0.25) is 9.52 Å². The van der Waals surface area contributed by atoms with Gasteiger partial charge in [0.1, 0.15) is 0 Å². The molecular weight excluding hydrogens is 324 g/mol. The Hall–Kier alpha value is -2.34. The van der Waals surface area contributed by atoms with Crippen LogP contribution in [0, 0.1) is 0 Å². The molecule has 2 N–H and O–H groups in total. The molecule has 0 atom stereocenters. The summed E-state index contributed by atoms with van der Waals surface area (Å²) in [4.78, 5) is 12.0. The second-order valence-electron chi connectivity index (χ2n) is 6.50. The van der Waals surface area contributed by atoms with Crippen LogP contribution in [0.15, 0.2) is 48.5 Å². The van der Waals surface area contributed by atoms with Crippen LogP contribution in [-0.2, 0) is 26.7 Å². The molecular formula is C18H20N2O3S. The lowest BCUT2D eigenvalue weighted by Gasteiger charge is -2.16. The highest BCUT2D eigenvalue weighted by atomic mass is 32.2. The lowest BCUT2D eigenvalue weighted by molar-refractivity contribution is -0.119. The number of benzene rings is 2. The molecule has 1 aliphatic heterocycles. The number of hydrogen-bond donors (Lipinski definition) is 2. The summed E-state index contributed by atoms with van der Waals surface area (Å²) in [6.45, 7) is 3.64. The molecule has 1 amide bonds. The Morgan fingerprint density at radius 1 is 1.08 bits per heavy atom. The van der Waals surface area contributed by atoms with Gasteiger partial charge in [-0.2, -0.15) is 0 Å². The van der Waals surface area contributed by atoms with E-state index in [1.54, 1.807) is 18.2 Å². The summed E-state index contributed by atoms with van der Waals surface area (Å²) >= 11 is 0. The van der Waals surface area contributed by atoms with Crippen LogP contribution in [0.2, 0.25) is 0 Å². The molecule has 24 heavy (non-hydrogen) atoms. The Bertz CT molecular complexity index is 874. The predicted octanol–water partition coefficient (Wildman–Crippen LogP) is 2.90. The third-order valence-corrected chi connectivity index (χ3v) is 5.57. The van der Waals surface area contributed by atoms with E-state index >= 15 is 0 Å². The van der Waals surface area contributed by atoms with E-state index in [4.69, 9.17) is 0 Å². The zero-order chi connectivity index (χ0) is 17.4. The number of rotatable bonds is 5. The van der Waals surface area contributed by atoms with Gasteiger partial charge in [-0.25, -0.2) is 8.42 Å². The van der Waals surface area contributed by atoms with Gasteiger partial charge in [0.05, 0.1) is 11.2 Å². The van der Waals surface area contributed by atoms with E-state index in [2.05, 4.69) is 10.0 Å². The van der Waals surface area contributed by atoms with Crippen molar-refractivity contribution in [2.75, 3.05) is 15.8 Å². The van der Waals surface area contributed by atoms with E-state index in [0.717, 1.165) is 16.8 Å². The molecule has 0 fully saturated rings. The SMILES string of the molecule is CC1(C)C(=O)Nc2ccc(NS(=O)(=O)CCc3ccccc3)cc21. The third-order valence-electron chi connectivity index (χ3n) is 4.28. The highest BCUT2D eigenvalue weighted by molar-refractivity contribution is 7.92. The molecule has 6 heteroatoms. The monoisotopic (exact) mass is 344 g/mol. The zero-order valence-electron chi connectivity index (χ0n) is 13.7. The van der Waals surface area contributed by atoms with Crippen LogP contribution in [0.25, 0.3) is 0 Å². The Morgan fingerprint density at radius 2 is 1.79 bits per heavy atom. The van der Waals surface area contributed by atoms with Gasteiger partial charge < -0.3 is 5.32 Å². The first kappa shape index (κ1) is 16.5. The molecule has 0 unspecified atom stereocenters. The van der Waals surface area contributed by atoms with Gasteiger partial charge in [-0.05, 0) is 49.6 Å². The minimum atomic E-state index is -3.46. The van der Waals surface area contributed by atoms with Crippen molar-refractivity contribution in [3.05, 3.63) is 59.7 Å². The van der Waals surface area contributed by atoms with E-state index in [9.17, 15) is 13.2 Å². The summed E-state index contributed by atoms with van der Waals surface area (Å²) in [5.41, 5.74) is 2.33. The molecule has 0 radical (unpaired) electrons. The van der Waals surface area contributed by atoms with E-state index in [1.165, 1.54) is 0 Å². The second-order valence-corrected chi connectivity index (χ2v) is 8.34. The zero-order valence-corrected chi connectivity index (χ0v) is 14.5. The Kier molecular flexibility index (Phi) is 4.09. The van der Waals surface area contributed by atoms with Crippen molar-refractivity contribution >= 4 is 27.3 Å². The maximum Gasteiger partial charge on any atom is 0.234 e. The van der Waals surface area contributed by atoms with E-state index in [-0.39, 0.29) is 11.7 Å². The van der Waals surface area contributed by atoms with Crippen molar-refractivity contribution < 1.29 is 13.2 Å². The number of nitrogens with one attached hydrogen (secondary N) is 2. The van der Waals surface area contributed by atoms with Crippen LogP contribution >= 0.6 is 0 Å². The van der Waals surface area contributed by atoms with Crippen LogP contribution in [-0.4, -0.2) is 20.1 Å². The van der Waals surface area contributed by atoms with E-state index in [0.29, 0.717) is 12.1 Å². The predicted molar refractivity (Wildman–Crippen MR) is 95.7 cm³/mol. The largest absolute Gasteiger partial charge is 0.325 e. The number of hydrogen-bond acceptors (Lipinski definition) is 3. The maximum atomic E-state index is 12.3. The van der Waals surface area contributed by atoms with Gasteiger partial charge in [0.2, 0.25) is 15.9 Å². The molecule has 1 heterocycles. The standard InChI is InChI=1S/C18H20N2O3S/c1-18(2)15-12-14(8-9-16(15)19-17(18)21)20-24(22,23)11-10-13-6-4-3-5-7-13/h3-9,12,20H,10-11H2,1-2H3,(H,19,21). The summed E-state index contributed by atoms with van der Waals surface area (Å²) < 4.78 is 27.2. The highest BCUT2D eigenvalue weighted by Gasteiger charge is 2.38. The molecule has 2 aromatic rings. The molecule has 3 rings (SSSR count). The van der Waals surface area contributed by atoms with Gasteiger partial charge in [0, 0.05) is 11.4 Å². The first-order valence-corrected chi connectivity index (χ1v) is 9.43. The van der Waals surface area contributed by atoms with Crippen molar-refractivity contribution in [3.8, 4) is 0 Å². The average Bonchev–Trinajstić information content (AvgIpc) is 2.76. The number of carbonyl (C=O) groups is 1. The molecule has 126 valence electrons. The molecule has 0 spiro atoms. The number of fused-ring (bicyclic) bond motifs is 1. The van der Waals surface area contributed by atoms with Crippen LogP contribution in [0.1, 0.15) is 25.0 Å². The van der Waals surface area contributed by atoms with Gasteiger partial charge in [0.25, 0.3) is 0 Å². The smallest absolute Gasteiger partial charge is 0.234 e. The van der Waals surface area contributed by atoms with Crippen LogP contribution in [0.3, 0.4) is 0 Å². The molecule has 0 saturated heterocycles. The van der Waals surface area contributed by atoms with Crippen LogP contribution in [0.5, 0.6) is 0 Å². The summed E-state index contributed by atoms with van der Waals surface area (Å²) in [6, 6.07) is 14.6. The number of aryl methyl sites for hydroxylation is 1. The highest BCUT2D eigenvalue weighted by Crippen LogP contribution is 2.38. The fourth-order valence-corrected chi connectivity index (χ4v) is 3.85. The minimum Gasteiger partial charge on any atom is -0.325 e. The number of amides is 1. The van der Waals surface area contributed by atoms with Crippen molar-refractivity contribution in [1.29, 1.82) is 0 Å². The Balaban J connectivity index is 1.74. The van der Waals surface area contributed by atoms with Crippen molar-refractivity contribution in [2.45, 2.75) is 25.7 Å². The molecule has 1 aliphatic rings. The van der Waals surface area contributed by atoms with Crippen molar-refractivity contribution in [2.24, 2.45) is 0 Å². The van der Waals surface area contributed by atoms with Crippen molar-refractivity contribution in [3.63, 3.8) is 0 Å². The first-order chi connectivity index (χ1) is 11.3. The normalized spacial score (nSPS) is 15.7. The molecule has 0 saturated carbocycles. The summed E-state index contributed by atoms with van der Waals surface area (Å²) in [5, 5.41) is 2.81. The Labute approximate surface area is 142 Å². The second kappa shape index (κ2) is 5.94. The number of anilines is 2. The summed E-state index contributed by atoms with van der Waals surface area (Å²) in [5.74, 6) is -0.0733. The fraction of sp³-hybridized carbons (Fsp3) is 0.278. The first-order valence-electron chi connectivity index (χ1n) is 7.78. The molecule has 2 aromatic carbocycles. The quantitative estimate of drug-likeness (QED) is 0.876. The molecule has 0 bridgehead atoms. The molecule has 0 aromatic heterocycles. The van der Waals surface area contributed by atoms with Crippen molar-refractivity contribution in [1.82, 2.24) is 0 Å². The molecule has 5 nitrogen and oxygen atoms in total. The van der Waals surface area contributed by atoms with Gasteiger partial charge >= 0.3 is 0 Å². The lowest BCUT2D eigenvalue weighted by atomic mass is 9.86. The maximum absolute atomic E-state index is 12.3. The van der Waals surface area contributed by atoms with Gasteiger partial charge in [-0.1, -0.05) is 30.3 Å². The summed E-state index contributed by atoms with van der Waals surface area (Å²) in [7, 11) is -3.46.